The first-order valence-electron chi connectivity index (χ1n) is 33.9. The van der Waals surface area contributed by atoms with E-state index in [1.165, 1.54) is 283 Å². The maximum atomic E-state index is 12.5. The van der Waals surface area contributed by atoms with E-state index >= 15 is 0 Å². The third-order valence-corrected chi connectivity index (χ3v) is 15.6. The Balaban J connectivity index is 3.44. The number of nitrogens with one attached hydrogen (secondary N) is 1. The predicted octanol–water partition coefficient (Wildman–Crippen LogP) is 21.7. The monoisotopic (exact) mass is 1070 g/mol. The third kappa shape index (κ3) is 61.0. The van der Waals surface area contributed by atoms with Crippen molar-refractivity contribution in [3.05, 3.63) is 48.6 Å². The normalized spacial score (nSPS) is 12.8. The molecule has 0 saturated carbocycles. The highest BCUT2D eigenvalue weighted by molar-refractivity contribution is 5.76. The molecule has 0 aliphatic heterocycles. The lowest BCUT2D eigenvalue weighted by atomic mass is 10.0. The number of aliphatic hydroxyl groups excluding tert-OH is 2. The van der Waals surface area contributed by atoms with Gasteiger partial charge in [0.2, 0.25) is 5.91 Å². The van der Waals surface area contributed by atoms with Crippen LogP contribution in [0.5, 0.6) is 0 Å². The van der Waals surface area contributed by atoms with E-state index in [9.17, 15) is 19.8 Å². The SMILES string of the molecule is CCCCC/C=C\C/C=C\CCCCCCCC(=O)OCCCCCCCCCCCCCC/C=C\CCCCCCCCCCC(=O)NC(CO)C(O)/C=C/CCCCCCCCCCCCCCCCCCCC. The molecule has 0 aromatic rings. The maximum Gasteiger partial charge on any atom is 0.305 e. The van der Waals surface area contributed by atoms with Crippen LogP contribution in [0.15, 0.2) is 48.6 Å². The highest BCUT2D eigenvalue weighted by Crippen LogP contribution is 2.18. The first-order valence-corrected chi connectivity index (χ1v) is 33.9. The average Bonchev–Trinajstić information content (AvgIpc) is 3.42. The van der Waals surface area contributed by atoms with Crippen LogP contribution in [0, 0.1) is 0 Å². The van der Waals surface area contributed by atoms with Gasteiger partial charge in [-0.3, -0.25) is 9.59 Å². The molecular weight excluding hydrogens is 935 g/mol. The van der Waals surface area contributed by atoms with Crippen LogP contribution in [0.2, 0.25) is 0 Å². The zero-order chi connectivity index (χ0) is 55.0. The Bertz CT molecular complexity index is 1270. The summed E-state index contributed by atoms with van der Waals surface area (Å²) in [4.78, 5) is 24.6. The first-order chi connectivity index (χ1) is 37.5. The number of carbonyl (C=O) groups excluding carboxylic acids is 2. The van der Waals surface area contributed by atoms with Crippen LogP contribution in [0.1, 0.15) is 361 Å². The smallest absolute Gasteiger partial charge is 0.305 e. The fraction of sp³-hybridized carbons (Fsp3) is 0.857. The minimum absolute atomic E-state index is 0.00193. The number of hydrogen-bond acceptors (Lipinski definition) is 5. The lowest BCUT2D eigenvalue weighted by molar-refractivity contribution is -0.143. The number of rotatable bonds is 63. The van der Waals surface area contributed by atoms with Crippen LogP contribution in [0.4, 0.5) is 0 Å². The Labute approximate surface area is 474 Å². The van der Waals surface area contributed by atoms with Crippen LogP contribution < -0.4 is 5.32 Å². The van der Waals surface area contributed by atoms with Crippen molar-refractivity contribution in [3.8, 4) is 0 Å². The van der Waals surface area contributed by atoms with E-state index in [-0.39, 0.29) is 18.5 Å². The van der Waals surface area contributed by atoms with Crippen LogP contribution in [0.25, 0.3) is 0 Å². The second-order valence-electron chi connectivity index (χ2n) is 23.1. The second-order valence-corrected chi connectivity index (χ2v) is 23.1. The van der Waals surface area contributed by atoms with Gasteiger partial charge in [0.05, 0.1) is 25.4 Å². The summed E-state index contributed by atoms with van der Waals surface area (Å²) in [5.41, 5.74) is 0. The van der Waals surface area contributed by atoms with Crippen LogP contribution in [-0.2, 0) is 14.3 Å². The molecule has 0 saturated heterocycles. The van der Waals surface area contributed by atoms with Crippen molar-refractivity contribution >= 4 is 11.9 Å². The van der Waals surface area contributed by atoms with Crippen molar-refractivity contribution < 1.29 is 24.5 Å². The van der Waals surface area contributed by atoms with Gasteiger partial charge >= 0.3 is 5.97 Å². The van der Waals surface area contributed by atoms with Gasteiger partial charge in [-0.1, -0.05) is 306 Å². The molecule has 0 aliphatic carbocycles. The highest BCUT2D eigenvalue weighted by Gasteiger charge is 2.18. The molecule has 0 rings (SSSR count). The van der Waals surface area contributed by atoms with Gasteiger partial charge < -0.3 is 20.3 Å². The minimum atomic E-state index is -0.849. The maximum absolute atomic E-state index is 12.5. The number of unbranched alkanes of at least 4 members (excludes halogenated alkanes) is 46. The Kier molecular flexibility index (Phi) is 63.5. The Morgan fingerprint density at radius 1 is 0.368 bits per heavy atom. The fourth-order valence-corrected chi connectivity index (χ4v) is 10.4. The van der Waals surface area contributed by atoms with Gasteiger partial charge in [-0.2, -0.15) is 0 Å². The van der Waals surface area contributed by atoms with Crippen molar-refractivity contribution in [2.75, 3.05) is 13.2 Å². The average molecular weight is 1070 g/mol. The van der Waals surface area contributed by atoms with Crippen LogP contribution in [0.3, 0.4) is 0 Å². The van der Waals surface area contributed by atoms with Gasteiger partial charge in [0.15, 0.2) is 0 Å². The number of amides is 1. The van der Waals surface area contributed by atoms with Crippen molar-refractivity contribution in [1.82, 2.24) is 5.32 Å². The van der Waals surface area contributed by atoms with Crippen molar-refractivity contribution in [3.63, 3.8) is 0 Å². The number of carbonyl (C=O) groups is 2. The van der Waals surface area contributed by atoms with E-state index in [1.807, 2.05) is 6.08 Å². The molecule has 3 N–H and O–H groups in total. The van der Waals surface area contributed by atoms with Gasteiger partial charge in [-0.15, -0.1) is 0 Å². The van der Waals surface area contributed by atoms with Gasteiger partial charge in [-0.25, -0.2) is 0 Å². The molecule has 76 heavy (non-hydrogen) atoms. The molecule has 1 amide bonds. The topological polar surface area (TPSA) is 95.9 Å². The van der Waals surface area contributed by atoms with E-state index in [4.69, 9.17) is 4.74 Å². The molecule has 0 radical (unpaired) electrons. The van der Waals surface area contributed by atoms with E-state index in [0.717, 1.165) is 51.4 Å². The summed E-state index contributed by atoms with van der Waals surface area (Å²) in [6.45, 7) is 4.89. The zero-order valence-electron chi connectivity index (χ0n) is 51.0. The Hall–Kier alpha value is -2.18. The van der Waals surface area contributed by atoms with E-state index in [2.05, 4.69) is 55.6 Å². The number of hydrogen-bond donors (Lipinski definition) is 3. The van der Waals surface area contributed by atoms with Crippen molar-refractivity contribution in [2.45, 2.75) is 373 Å². The van der Waals surface area contributed by atoms with Crippen LogP contribution in [-0.4, -0.2) is 47.4 Å². The largest absolute Gasteiger partial charge is 0.466 e. The summed E-state index contributed by atoms with van der Waals surface area (Å²) >= 11 is 0. The van der Waals surface area contributed by atoms with Gasteiger partial charge in [0.25, 0.3) is 0 Å². The Morgan fingerprint density at radius 3 is 1.04 bits per heavy atom. The molecule has 446 valence electrons. The quantitative estimate of drug-likeness (QED) is 0.0320. The fourth-order valence-electron chi connectivity index (χ4n) is 10.4. The number of ether oxygens (including phenoxy) is 1. The summed E-state index contributed by atoms with van der Waals surface area (Å²) in [5.74, 6) is -0.0721. The van der Waals surface area contributed by atoms with E-state index < -0.39 is 12.1 Å². The van der Waals surface area contributed by atoms with E-state index in [1.54, 1.807) is 6.08 Å². The van der Waals surface area contributed by atoms with Crippen molar-refractivity contribution in [1.29, 1.82) is 0 Å². The van der Waals surface area contributed by atoms with Gasteiger partial charge in [-0.05, 0) is 89.9 Å². The van der Waals surface area contributed by atoms with Crippen LogP contribution >= 0.6 is 0 Å². The summed E-state index contributed by atoms with van der Waals surface area (Å²) < 4.78 is 5.48. The molecule has 0 aromatic heterocycles. The van der Waals surface area contributed by atoms with Crippen molar-refractivity contribution in [2.24, 2.45) is 0 Å². The molecule has 0 aromatic carbocycles. The second kappa shape index (κ2) is 65.3. The van der Waals surface area contributed by atoms with E-state index in [0.29, 0.717) is 19.4 Å². The molecule has 0 aliphatic rings. The summed E-state index contributed by atoms with van der Waals surface area (Å²) in [6.07, 6.45) is 84.5. The van der Waals surface area contributed by atoms with Gasteiger partial charge in [0, 0.05) is 12.8 Å². The Morgan fingerprint density at radius 2 is 0.658 bits per heavy atom. The first kappa shape index (κ1) is 73.8. The molecule has 6 nitrogen and oxygen atoms in total. The third-order valence-electron chi connectivity index (χ3n) is 15.6. The zero-order valence-corrected chi connectivity index (χ0v) is 51.0. The standard InChI is InChI=1S/C70H131NO5/c1-3-5-7-9-11-13-15-17-19-20-21-28-31-35-38-42-46-50-54-58-62-68(73)67(66-72)71-69(74)63-59-55-51-47-43-39-36-32-29-26-24-22-23-25-27-30-33-37-41-45-49-53-57-61-65-76-70(75)64-60-56-52-48-44-40-34-18-16-14-12-10-8-6-4-2/h12,14,18,24,26,34,58,62,67-68,72-73H,3-11,13,15-17,19-23,25,27-33,35-57,59-61,63-66H2,1-2H3,(H,71,74)/b14-12-,26-24-,34-18-,62-58+. The molecule has 0 spiro atoms. The summed E-state index contributed by atoms with van der Waals surface area (Å²) in [7, 11) is 0. The molecule has 2 unspecified atom stereocenters. The molecule has 0 heterocycles. The molecule has 2 atom stereocenters. The van der Waals surface area contributed by atoms with Gasteiger partial charge in [0.1, 0.15) is 0 Å². The molecular formula is C70H131NO5. The molecule has 6 heteroatoms. The predicted molar refractivity (Wildman–Crippen MR) is 333 cm³/mol. The molecule has 0 bridgehead atoms. The number of esters is 1. The minimum Gasteiger partial charge on any atom is -0.466 e. The number of aliphatic hydroxyl groups is 2. The summed E-state index contributed by atoms with van der Waals surface area (Å²) in [5, 5.41) is 23.2. The lowest BCUT2D eigenvalue weighted by Crippen LogP contribution is -2.45. The molecule has 0 fully saturated rings. The lowest BCUT2D eigenvalue weighted by Gasteiger charge is -2.20. The number of allylic oxidation sites excluding steroid dienone is 7. The highest BCUT2D eigenvalue weighted by atomic mass is 16.5. The summed E-state index contributed by atoms with van der Waals surface area (Å²) in [6, 6.07) is -0.633.